The Bertz CT molecular complexity index is 1100. The summed E-state index contributed by atoms with van der Waals surface area (Å²) in [5.74, 6) is 0.834. The molecule has 0 aliphatic heterocycles. The molecule has 1 N–H and O–H groups in total. The molecule has 0 saturated heterocycles. The molecule has 29 heavy (non-hydrogen) atoms. The van der Waals surface area contributed by atoms with E-state index in [2.05, 4.69) is 27.4 Å². The Kier molecular flexibility index (Phi) is 6.12. The lowest BCUT2D eigenvalue weighted by molar-refractivity contribution is -0.121. The summed E-state index contributed by atoms with van der Waals surface area (Å²) in [7, 11) is 0. The van der Waals surface area contributed by atoms with Crippen molar-refractivity contribution in [2.24, 2.45) is 0 Å². The van der Waals surface area contributed by atoms with Gasteiger partial charge in [0.1, 0.15) is 10.8 Å². The minimum Gasteiger partial charge on any atom is -0.494 e. The first kappa shape index (κ1) is 19.1. The van der Waals surface area contributed by atoms with Crippen molar-refractivity contribution in [1.29, 1.82) is 0 Å². The molecular weight excluding hydrogens is 382 g/mol. The molecule has 2 aromatic carbocycles. The smallest absolute Gasteiger partial charge is 0.220 e. The molecule has 0 unspecified atom stereocenters. The summed E-state index contributed by atoms with van der Waals surface area (Å²) in [6, 6.07) is 18.1. The molecular formula is C23H21N3O2S. The van der Waals surface area contributed by atoms with Gasteiger partial charge in [-0.3, -0.25) is 9.78 Å². The molecule has 0 aliphatic carbocycles. The van der Waals surface area contributed by atoms with Gasteiger partial charge >= 0.3 is 0 Å². The summed E-state index contributed by atoms with van der Waals surface area (Å²) in [6.45, 7) is 0.945. The largest absolute Gasteiger partial charge is 0.494 e. The van der Waals surface area contributed by atoms with E-state index in [1.54, 1.807) is 23.7 Å². The highest BCUT2D eigenvalue weighted by Gasteiger charge is 2.07. The molecule has 6 heteroatoms. The van der Waals surface area contributed by atoms with Gasteiger partial charge in [0, 0.05) is 29.8 Å². The van der Waals surface area contributed by atoms with Gasteiger partial charge in [-0.05, 0) is 41.5 Å². The minimum absolute atomic E-state index is 0.00516. The van der Waals surface area contributed by atoms with Crippen LogP contribution in [0.25, 0.3) is 21.3 Å². The van der Waals surface area contributed by atoms with Crippen LogP contribution in [0.1, 0.15) is 18.5 Å². The van der Waals surface area contributed by atoms with Crippen molar-refractivity contribution in [3.8, 4) is 16.3 Å². The summed E-state index contributed by atoms with van der Waals surface area (Å²) in [4.78, 5) is 20.7. The lowest BCUT2D eigenvalue weighted by Crippen LogP contribution is -2.23. The van der Waals surface area contributed by atoms with E-state index in [0.717, 1.165) is 27.4 Å². The van der Waals surface area contributed by atoms with Gasteiger partial charge in [0.2, 0.25) is 5.91 Å². The average Bonchev–Trinajstić information content (AvgIpc) is 3.25. The van der Waals surface area contributed by atoms with Gasteiger partial charge in [-0.15, -0.1) is 11.3 Å². The summed E-state index contributed by atoms with van der Waals surface area (Å²) in [5.41, 5.74) is 1.90. The van der Waals surface area contributed by atoms with Crippen LogP contribution in [0.15, 0.2) is 72.4 Å². The van der Waals surface area contributed by atoms with E-state index in [1.807, 2.05) is 47.8 Å². The molecule has 2 aromatic heterocycles. The van der Waals surface area contributed by atoms with Crippen LogP contribution in [0.4, 0.5) is 0 Å². The highest BCUT2D eigenvalue weighted by atomic mass is 32.1. The van der Waals surface area contributed by atoms with E-state index in [0.29, 0.717) is 26.0 Å². The third-order valence-electron chi connectivity index (χ3n) is 4.48. The first-order valence-electron chi connectivity index (χ1n) is 9.51. The second kappa shape index (κ2) is 9.30. The van der Waals surface area contributed by atoms with E-state index in [1.165, 1.54) is 5.39 Å². The van der Waals surface area contributed by atoms with Gasteiger partial charge in [0.25, 0.3) is 0 Å². The first-order chi connectivity index (χ1) is 14.3. The van der Waals surface area contributed by atoms with Crippen molar-refractivity contribution in [2.45, 2.75) is 19.4 Å². The van der Waals surface area contributed by atoms with Crippen molar-refractivity contribution in [2.75, 3.05) is 6.61 Å². The average molecular weight is 404 g/mol. The number of hydrogen-bond donors (Lipinski definition) is 1. The SMILES string of the molecule is O=C(CCCOc1ccc2ccccc2c1)NCc1csc(-c2ccncc2)n1. The summed E-state index contributed by atoms with van der Waals surface area (Å²) in [6.07, 6.45) is 4.59. The second-order valence-corrected chi connectivity index (χ2v) is 7.48. The molecule has 0 atom stereocenters. The Labute approximate surface area is 173 Å². The van der Waals surface area contributed by atoms with Crippen molar-refractivity contribution < 1.29 is 9.53 Å². The molecule has 0 saturated carbocycles. The molecule has 4 rings (SSSR count). The van der Waals surface area contributed by atoms with Crippen LogP contribution in [0.3, 0.4) is 0 Å². The number of carbonyl (C=O) groups is 1. The van der Waals surface area contributed by atoms with Crippen LogP contribution in [0.5, 0.6) is 5.75 Å². The third kappa shape index (κ3) is 5.18. The number of hydrogen-bond acceptors (Lipinski definition) is 5. The number of rotatable bonds is 8. The monoisotopic (exact) mass is 403 g/mol. The number of carbonyl (C=O) groups excluding carboxylic acids is 1. The van der Waals surface area contributed by atoms with Gasteiger partial charge < -0.3 is 10.1 Å². The van der Waals surface area contributed by atoms with Crippen molar-refractivity contribution in [3.05, 3.63) is 78.1 Å². The van der Waals surface area contributed by atoms with Crippen LogP contribution in [0.2, 0.25) is 0 Å². The Morgan fingerprint density at radius 1 is 1.03 bits per heavy atom. The lowest BCUT2D eigenvalue weighted by atomic mass is 10.1. The number of benzene rings is 2. The fourth-order valence-corrected chi connectivity index (χ4v) is 3.80. The summed E-state index contributed by atoms with van der Waals surface area (Å²) in [5, 5.41) is 8.16. The van der Waals surface area contributed by atoms with Crippen molar-refractivity contribution in [3.63, 3.8) is 0 Å². The maximum absolute atomic E-state index is 12.1. The van der Waals surface area contributed by atoms with E-state index in [4.69, 9.17) is 4.74 Å². The van der Waals surface area contributed by atoms with Gasteiger partial charge in [-0.2, -0.15) is 0 Å². The molecule has 0 spiro atoms. The second-order valence-electron chi connectivity index (χ2n) is 6.62. The zero-order valence-corrected chi connectivity index (χ0v) is 16.7. The predicted molar refractivity (Wildman–Crippen MR) is 116 cm³/mol. The fourth-order valence-electron chi connectivity index (χ4n) is 2.97. The van der Waals surface area contributed by atoms with Crippen molar-refractivity contribution in [1.82, 2.24) is 15.3 Å². The predicted octanol–water partition coefficient (Wildman–Crippen LogP) is 4.83. The van der Waals surface area contributed by atoms with Crippen molar-refractivity contribution >= 4 is 28.0 Å². The van der Waals surface area contributed by atoms with Gasteiger partial charge in [0.15, 0.2) is 0 Å². The van der Waals surface area contributed by atoms with Gasteiger partial charge in [-0.25, -0.2) is 4.98 Å². The zero-order valence-electron chi connectivity index (χ0n) is 15.9. The van der Waals surface area contributed by atoms with Crippen LogP contribution >= 0.6 is 11.3 Å². The number of ether oxygens (including phenoxy) is 1. The number of thiazole rings is 1. The van der Waals surface area contributed by atoms with Gasteiger partial charge in [0.05, 0.1) is 18.8 Å². The number of fused-ring (bicyclic) bond motifs is 1. The summed E-state index contributed by atoms with van der Waals surface area (Å²) >= 11 is 1.56. The zero-order chi connectivity index (χ0) is 19.9. The number of pyridine rings is 1. The molecule has 146 valence electrons. The molecule has 2 heterocycles. The van der Waals surface area contributed by atoms with Crippen LogP contribution < -0.4 is 10.1 Å². The third-order valence-corrected chi connectivity index (χ3v) is 5.42. The number of amides is 1. The van der Waals surface area contributed by atoms with Crippen LogP contribution in [-0.2, 0) is 11.3 Å². The minimum atomic E-state index is 0.00516. The molecule has 0 aliphatic rings. The first-order valence-corrected chi connectivity index (χ1v) is 10.4. The molecule has 4 aromatic rings. The number of aromatic nitrogens is 2. The van der Waals surface area contributed by atoms with Crippen LogP contribution in [0, 0.1) is 0 Å². The molecule has 0 radical (unpaired) electrons. The Morgan fingerprint density at radius 3 is 2.72 bits per heavy atom. The normalized spacial score (nSPS) is 10.8. The maximum Gasteiger partial charge on any atom is 0.220 e. The highest BCUT2D eigenvalue weighted by Crippen LogP contribution is 2.23. The number of nitrogens with zero attached hydrogens (tertiary/aromatic N) is 2. The Balaban J connectivity index is 1.19. The fraction of sp³-hybridized carbons (Fsp3) is 0.174. The summed E-state index contributed by atoms with van der Waals surface area (Å²) < 4.78 is 5.78. The van der Waals surface area contributed by atoms with E-state index in [-0.39, 0.29) is 5.91 Å². The highest BCUT2D eigenvalue weighted by molar-refractivity contribution is 7.13. The Morgan fingerprint density at radius 2 is 1.86 bits per heavy atom. The Hall–Kier alpha value is -3.25. The molecule has 1 amide bonds. The van der Waals surface area contributed by atoms with Crippen LogP contribution in [-0.4, -0.2) is 22.5 Å². The quantitative estimate of drug-likeness (QED) is 0.428. The molecule has 5 nitrogen and oxygen atoms in total. The molecule has 0 bridgehead atoms. The lowest BCUT2D eigenvalue weighted by Gasteiger charge is -2.07. The standard InChI is InChI=1S/C23H21N3O2S/c27-22(25-15-20-16-29-23(26-20)18-9-11-24-12-10-18)6-3-13-28-21-8-7-17-4-1-2-5-19(17)14-21/h1-2,4-5,7-12,14,16H,3,6,13,15H2,(H,25,27). The topological polar surface area (TPSA) is 64.1 Å². The van der Waals surface area contributed by atoms with Gasteiger partial charge in [-0.1, -0.05) is 30.3 Å². The van der Waals surface area contributed by atoms with E-state index < -0.39 is 0 Å². The van der Waals surface area contributed by atoms with E-state index >= 15 is 0 Å². The van der Waals surface area contributed by atoms with E-state index in [9.17, 15) is 4.79 Å². The molecule has 0 fully saturated rings. The maximum atomic E-state index is 12.1. The number of nitrogens with one attached hydrogen (secondary N) is 1.